The lowest BCUT2D eigenvalue weighted by Gasteiger charge is -1.98. The molecule has 0 aliphatic heterocycles. The van der Waals surface area contributed by atoms with Gasteiger partial charge in [0.2, 0.25) is 5.91 Å². The third-order valence-electron chi connectivity index (χ3n) is 1.38. The summed E-state index contributed by atoms with van der Waals surface area (Å²) in [6, 6.07) is 0. The van der Waals surface area contributed by atoms with E-state index in [0.29, 0.717) is 12.0 Å². The maximum absolute atomic E-state index is 10.6. The topological polar surface area (TPSA) is 68.9 Å². The third kappa shape index (κ3) is 2.16. The number of amides is 1. The molecule has 0 radical (unpaired) electrons. The maximum atomic E-state index is 10.6. The zero-order chi connectivity index (χ0) is 8.97. The normalized spacial score (nSPS) is 9.33. The number of primary amides is 1. The summed E-state index contributed by atoms with van der Waals surface area (Å²) < 4.78 is 0. The summed E-state index contributed by atoms with van der Waals surface area (Å²) in [5.74, 6) is -0.487. The van der Waals surface area contributed by atoms with Crippen molar-refractivity contribution < 1.29 is 4.79 Å². The molecule has 4 heteroatoms. The van der Waals surface area contributed by atoms with Gasteiger partial charge in [-0.2, -0.15) is 0 Å². The molecule has 0 spiro atoms. The summed E-state index contributed by atoms with van der Waals surface area (Å²) in [7, 11) is 0. The van der Waals surface area contributed by atoms with Crippen molar-refractivity contribution in [1.82, 2.24) is 9.97 Å². The molecule has 0 saturated carbocycles. The molecule has 1 heterocycles. The lowest BCUT2D eigenvalue weighted by molar-refractivity contribution is -0.114. The molecule has 1 aromatic heterocycles. The van der Waals surface area contributed by atoms with Gasteiger partial charge in [-0.1, -0.05) is 6.58 Å². The van der Waals surface area contributed by atoms with Crippen molar-refractivity contribution in [3.63, 3.8) is 0 Å². The second-order valence-electron chi connectivity index (χ2n) is 2.39. The van der Waals surface area contributed by atoms with Gasteiger partial charge in [0.25, 0.3) is 0 Å². The average Bonchev–Trinajstić information content (AvgIpc) is 2.06. The minimum Gasteiger partial charge on any atom is -0.366 e. The van der Waals surface area contributed by atoms with E-state index >= 15 is 0 Å². The summed E-state index contributed by atoms with van der Waals surface area (Å²) in [6.07, 6.45) is 5.09. The molecule has 62 valence electrons. The number of hydrogen-bond donors (Lipinski definition) is 1. The average molecular weight is 163 g/mol. The smallest absolute Gasteiger partial charge is 0.244 e. The fraction of sp³-hybridized carbons (Fsp3) is 0.125. The Balaban J connectivity index is 2.65. The van der Waals surface area contributed by atoms with Gasteiger partial charge in [0.1, 0.15) is 6.33 Å². The quantitative estimate of drug-likeness (QED) is 0.640. The maximum Gasteiger partial charge on any atom is 0.244 e. The molecule has 4 nitrogen and oxygen atoms in total. The molecule has 2 N–H and O–H groups in total. The second-order valence-corrected chi connectivity index (χ2v) is 2.39. The van der Waals surface area contributed by atoms with Crippen LogP contribution in [0.2, 0.25) is 0 Å². The predicted octanol–water partition coefficient (Wildman–Crippen LogP) is 0.0606. The van der Waals surface area contributed by atoms with Gasteiger partial charge in [0.05, 0.1) is 0 Å². The van der Waals surface area contributed by atoms with E-state index in [4.69, 9.17) is 5.73 Å². The van der Waals surface area contributed by atoms with Crippen LogP contribution in [0, 0.1) is 0 Å². The Morgan fingerprint density at radius 2 is 2.08 bits per heavy atom. The molecule has 1 amide bonds. The molecule has 0 saturated heterocycles. The van der Waals surface area contributed by atoms with E-state index in [2.05, 4.69) is 16.5 Å². The lowest BCUT2D eigenvalue weighted by atomic mass is 10.1. The number of nitrogens with two attached hydrogens (primary N) is 1. The van der Waals surface area contributed by atoms with Crippen LogP contribution < -0.4 is 5.73 Å². The van der Waals surface area contributed by atoms with Gasteiger partial charge >= 0.3 is 0 Å². The third-order valence-corrected chi connectivity index (χ3v) is 1.38. The van der Waals surface area contributed by atoms with E-state index in [0.717, 1.165) is 5.56 Å². The van der Waals surface area contributed by atoms with Gasteiger partial charge in [0.15, 0.2) is 0 Å². The highest BCUT2D eigenvalue weighted by Gasteiger charge is 2.02. The van der Waals surface area contributed by atoms with Crippen molar-refractivity contribution in [2.24, 2.45) is 5.73 Å². The molecule has 0 fully saturated rings. The Morgan fingerprint density at radius 1 is 1.50 bits per heavy atom. The lowest BCUT2D eigenvalue weighted by Crippen LogP contribution is -2.14. The minimum absolute atomic E-state index is 0.366. The van der Waals surface area contributed by atoms with Gasteiger partial charge in [-0.25, -0.2) is 9.97 Å². The standard InChI is InChI=1S/C8H9N3O/c1-6(8(9)12)2-7-3-10-5-11-4-7/h3-5H,1-2H2,(H2,9,12). The van der Waals surface area contributed by atoms with Crippen LogP contribution in [0.5, 0.6) is 0 Å². The van der Waals surface area contributed by atoms with Crippen LogP contribution in [0.1, 0.15) is 5.56 Å². The molecule has 0 aliphatic rings. The van der Waals surface area contributed by atoms with Crippen LogP contribution in [0.15, 0.2) is 30.9 Å². The molecule has 0 unspecified atom stereocenters. The van der Waals surface area contributed by atoms with Crippen LogP contribution in [-0.2, 0) is 11.2 Å². The van der Waals surface area contributed by atoms with E-state index in [1.54, 1.807) is 12.4 Å². The molecular formula is C8H9N3O. The summed E-state index contributed by atoms with van der Waals surface area (Å²) in [6.45, 7) is 3.52. The Hall–Kier alpha value is -1.71. The van der Waals surface area contributed by atoms with Crippen LogP contribution in [-0.4, -0.2) is 15.9 Å². The second kappa shape index (κ2) is 3.61. The van der Waals surface area contributed by atoms with Crippen LogP contribution in [0.25, 0.3) is 0 Å². The first-order chi connectivity index (χ1) is 5.70. The Bertz CT molecular complexity index is 294. The highest BCUT2D eigenvalue weighted by Crippen LogP contribution is 2.01. The SMILES string of the molecule is C=C(Cc1cncnc1)C(N)=O. The van der Waals surface area contributed by atoms with Crippen molar-refractivity contribution >= 4 is 5.91 Å². The highest BCUT2D eigenvalue weighted by atomic mass is 16.1. The number of rotatable bonds is 3. The van der Waals surface area contributed by atoms with E-state index in [-0.39, 0.29) is 0 Å². The first-order valence-corrected chi connectivity index (χ1v) is 3.41. The summed E-state index contributed by atoms with van der Waals surface area (Å²) in [4.78, 5) is 18.2. The van der Waals surface area contributed by atoms with Crippen molar-refractivity contribution in [3.8, 4) is 0 Å². The first-order valence-electron chi connectivity index (χ1n) is 3.41. The first kappa shape index (κ1) is 8.39. The number of carbonyl (C=O) groups excluding carboxylic acids is 1. The van der Waals surface area contributed by atoms with E-state index < -0.39 is 5.91 Å². The van der Waals surface area contributed by atoms with Gasteiger partial charge in [0, 0.05) is 24.4 Å². The van der Waals surface area contributed by atoms with E-state index in [1.807, 2.05) is 0 Å². The molecule has 0 bridgehead atoms. The molecular weight excluding hydrogens is 154 g/mol. The van der Waals surface area contributed by atoms with Crippen LogP contribution >= 0.6 is 0 Å². The zero-order valence-electron chi connectivity index (χ0n) is 6.53. The number of nitrogens with zero attached hydrogens (tertiary/aromatic N) is 2. The Kier molecular flexibility index (Phi) is 2.53. The van der Waals surface area contributed by atoms with Crippen LogP contribution in [0.3, 0.4) is 0 Å². The fourth-order valence-corrected chi connectivity index (χ4v) is 0.755. The summed E-state index contributed by atoms with van der Waals surface area (Å²) in [5, 5.41) is 0. The zero-order valence-corrected chi connectivity index (χ0v) is 6.53. The Morgan fingerprint density at radius 3 is 2.58 bits per heavy atom. The predicted molar refractivity (Wildman–Crippen MR) is 44.1 cm³/mol. The van der Waals surface area contributed by atoms with Crippen molar-refractivity contribution in [2.75, 3.05) is 0 Å². The van der Waals surface area contributed by atoms with Crippen molar-refractivity contribution in [2.45, 2.75) is 6.42 Å². The van der Waals surface area contributed by atoms with Gasteiger partial charge in [-0.05, 0) is 5.56 Å². The monoisotopic (exact) mass is 163 g/mol. The minimum atomic E-state index is -0.487. The van der Waals surface area contributed by atoms with Gasteiger partial charge < -0.3 is 5.73 Å². The van der Waals surface area contributed by atoms with Gasteiger partial charge in [-0.3, -0.25) is 4.79 Å². The largest absolute Gasteiger partial charge is 0.366 e. The molecule has 0 aliphatic carbocycles. The molecule has 1 rings (SSSR count). The molecule has 0 aromatic carbocycles. The van der Waals surface area contributed by atoms with Gasteiger partial charge in [-0.15, -0.1) is 0 Å². The van der Waals surface area contributed by atoms with E-state index in [9.17, 15) is 4.79 Å². The Labute approximate surface area is 70.1 Å². The van der Waals surface area contributed by atoms with E-state index in [1.165, 1.54) is 6.33 Å². The molecule has 1 aromatic rings. The molecule has 0 atom stereocenters. The fourth-order valence-electron chi connectivity index (χ4n) is 0.755. The highest BCUT2D eigenvalue weighted by molar-refractivity contribution is 5.91. The summed E-state index contributed by atoms with van der Waals surface area (Å²) in [5.41, 5.74) is 6.20. The number of hydrogen-bond acceptors (Lipinski definition) is 3. The van der Waals surface area contributed by atoms with Crippen molar-refractivity contribution in [1.29, 1.82) is 0 Å². The van der Waals surface area contributed by atoms with Crippen molar-refractivity contribution in [3.05, 3.63) is 36.4 Å². The molecule has 12 heavy (non-hydrogen) atoms. The number of aromatic nitrogens is 2. The summed E-state index contributed by atoms with van der Waals surface area (Å²) >= 11 is 0. The number of carbonyl (C=O) groups is 1. The van der Waals surface area contributed by atoms with Crippen LogP contribution in [0.4, 0.5) is 0 Å².